The molecule has 29 heavy (non-hydrogen) atoms. The number of nitrogens with one attached hydrogen (secondary N) is 1. The summed E-state index contributed by atoms with van der Waals surface area (Å²) in [5.41, 5.74) is 6.75. The molecule has 2 aromatic carbocycles. The monoisotopic (exact) mass is 418 g/mol. The van der Waals surface area contributed by atoms with Crippen molar-refractivity contribution in [2.24, 2.45) is 5.92 Å². The molecule has 0 fully saturated rings. The zero-order valence-electron chi connectivity index (χ0n) is 17.1. The summed E-state index contributed by atoms with van der Waals surface area (Å²) in [7, 11) is -3.98. The van der Waals surface area contributed by atoms with Gasteiger partial charge in [0.05, 0.1) is 4.90 Å². The van der Waals surface area contributed by atoms with E-state index < -0.39 is 27.6 Å². The van der Waals surface area contributed by atoms with Crippen LogP contribution >= 0.6 is 0 Å². The number of anilines is 1. The first-order chi connectivity index (χ1) is 13.4. The lowest BCUT2D eigenvalue weighted by molar-refractivity contribution is -0.158. The van der Waals surface area contributed by atoms with Gasteiger partial charge in [-0.3, -0.25) is 4.79 Å². The van der Waals surface area contributed by atoms with Crippen LogP contribution in [0.5, 0.6) is 0 Å². The average molecular weight is 419 g/mol. The van der Waals surface area contributed by atoms with Crippen molar-refractivity contribution < 1.29 is 22.4 Å². The summed E-state index contributed by atoms with van der Waals surface area (Å²) in [6, 6.07) is 8.84. The summed E-state index contributed by atoms with van der Waals surface area (Å²) >= 11 is 0. The van der Waals surface area contributed by atoms with Gasteiger partial charge >= 0.3 is 5.97 Å². The number of sulfonamides is 1. The summed E-state index contributed by atoms with van der Waals surface area (Å²) in [5, 5.41) is 1.57. The fourth-order valence-corrected chi connectivity index (χ4v) is 4.35. The number of esters is 1. The number of nitrogens with two attached hydrogens (primary N) is 1. The van der Waals surface area contributed by atoms with Gasteiger partial charge in [0.15, 0.2) is 0 Å². The SMILES string of the molecule is CC(C)C(NS(=O)(=O)c1ccc2c(c1)oc1ccc(N)cc12)C(=O)OC(C)(C)C. The minimum Gasteiger partial charge on any atom is -0.459 e. The van der Waals surface area contributed by atoms with Gasteiger partial charge in [0.2, 0.25) is 10.0 Å². The van der Waals surface area contributed by atoms with E-state index in [0.717, 1.165) is 10.8 Å². The molecule has 0 amide bonds. The first-order valence-electron chi connectivity index (χ1n) is 9.34. The highest BCUT2D eigenvalue weighted by molar-refractivity contribution is 7.89. The maximum atomic E-state index is 12.9. The lowest BCUT2D eigenvalue weighted by Crippen LogP contribution is -2.47. The summed E-state index contributed by atoms with van der Waals surface area (Å²) in [6.45, 7) is 8.71. The second-order valence-electron chi connectivity index (χ2n) is 8.39. The van der Waals surface area contributed by atoms with Gasteiger partial charge in [0.25, 0.3) is 0 Å². The van der Waals surface area contributed by atoms with Crippen LogP contribution in [0.4, 0.5) is 5.69 Å². The van der Waals surface area contributed by atoms with Gasteiger partial charge < -0.3 is 14.9 Å². The van der Waals surface area contributed by atoms with E-state index in [0.29, 0.717) is 16.9 Å². The third kappa shape index (κ3) is 4.54. The number of carbonyl (C=O) groups excluding carboxylic acids is 1. The zero-order valence-corrected chi connectivity index (χ0v) is 18.0. The highest BCUT2D eigenvalue weighted by Gasteiger charge is 2.32. The normalized spacial score (nSPS) is 13.9. The van der Waals surface area contributed by atoms with Crippen LogP contribution in [0.2, 0.25) is 0 Å². The van der Waals surface area contributed by atoms with Crippen molar-refractivity contribution in [2.75, 3.05) is 5.73 Å². The molecular weight excluding hydrogens is 392 g/mol. The maximum absolute atomic E-state index is 12.9. The summed E-state index contributed by atoms with van der Waals surface area (Å²) in [4.78, 5) is 12.5. The van der Waals surface area contributed by atoms with Crippen molar-refractivity contribution in [3.05, 3.63) is 36.4 Å². The van der Waals surface area contributed by atoms with E-state index >= 15 is 0 Å². The lowest BCUT2D eigenvalue weighted by atomic mass is 10.1. The number of rotatable bonds is 5. The number of ether oxygens (including phenoxy) is 1. The Morgan fingerprint density at radius 2 is 1.76 bits per heavy atom. The molecule has 0 saturated carbocycles. The number of hydrogen-bond acceptors (Lipinski definition) is 6. The van der Waals surface area contributed by atoms with Crippen LogP contribution < -0.4 is 10.5 Å². The first kappa shape index (κ1) is 21.1. The molecule has 7 nitrogen and oxygen atoms in total. The van der Waals surface area contributed by atoms with Gasteiger partial charge in [-0.1, -0.05) is 13.8 Å². The van der Waals surface area contributed by atoms with Crippen LogP contribution in [-0.2, 0) is 19.6 Å². The Hall–Kier alpha value is -2.58. The van der Waals surface area contributed by atoms with Crippen LogP contribution in [0.3, 0.4) is 0 Å². The molecule has 3 aromatic rings. The second kappa shape index (κ2) is 7.35. The van der Waals surface area contributed by atoms with E-state index in [9.17, 15) is 13.2 Å². The second-order valence-corrected chi connectivity index (χ2v) is 10.1. The highest BCUT2D eigenvalue weighted by Crippen LogP contribution is 2.31. The summed E-state index contributed by atoms with van der Waals surface area (Å²) in [6.07, 6.45) is 0. The van der Waals surface area contributed by atoms with Gasteiger partial charge in [-0.05, 0) is 57.0 Å². The fraction of sp³-hybridized carbons (Fsp3) is 0.381. The minimum absolute atomic E-state index is 0.00577. The topological polar surface area (TPSA) is 112 Å². The average Bonchev–Trinajstić information content (AvgIpc) is 2.95. The van der Waals surface area contributed by atoms with Crippen molar-refractivity contribution in [1.82, 2.24) is 4.72 Å². The molecule has 3 rings (SSSR count). The van der Waals surface area contributed by atoms with E-state index in [2.05, 4.69) is 4.72 Å². The van der Waals surface area contributed by atoms with Crippen molar-refractivity contribution >= 4 is 43.6 Å². The Labute approximate surface area is 170 Å². The predicted molar refractivity (Wildman–Crippen MR) is 113 cm³/mol. The lowest BCUT2D eigenvalue weighted by Gasteiger charge is -2.26. The number of benzene rings is 2. The molecule has 0 aliphatic rings. The van der Waals surface area contributed by atoms with Crippen LogP contribution in [-0.4, -0.2) is 26.0 Å². The smallest absolute Gasteiger partial charge is 0.324 e. The van der Waals surface area contributed by atoms with Gasteiger partial charge in [-0.2, -0.15) is 4.72 Å². The largest absolute Gasteiger partial charge is 0.459 e. The number of hydrogen-bond donors (Lipinski definition) is 2. The van der Waals surface area contributed by atoms with Crippen molar-refractivity contribution in [2.45, 2.75) is 51.2 Å². The molecule has 0 bridgehead atoms. The molecule has 0 radical (unpaired) electrons. The number of fused-ring (bicyclic) bond motifs is 3. The number of nitrogen functional groups attached to an aromatic ring is 1. The molecule has 1 heterocycles. The van der Waals surface area contributed by atoms with E-state index in [1.807, 2.05) is 0 Å². The van der Waals surface area contributed by atoms with Crippen LogP contribution in [0.1, 0.15) is 34.6 Å². The number of furan rings is 1. The molecular formula is C21H26N2O5S. The maximum Gasteiger partial charge on any atom is 0.324 e. The Morgan fingerprint density at radius 1 is 1.07 bits per heavy atom. The van der Waals surface area contributed by atoms with Gasteiger partial charge in [-0.25, -0.2) is 8.42 Å². The van der Waals surface area contributed by atoms with Crippen LogP contribution in [0.25, 0.3) is 21.9 Å². The van der Waals surface area contributed by atoms with Gasteiger partial charge in [-0.15, -0.1) is 0 Å². The molecule has 1 atom stereocenters. The first-order valence-corrected chi connectivity index (χ1v) is 10.8. The fourth-order valence-electron chi connectivity index (χ4n) is 3.00. The molecule has 0 saturated heterocycles. The van der Waals surface area contributed by atoms with Crippen LogP contribution in [0, 0.1) is 5.92 Å². The molecule has 0 spiro atoms. The van der Waals surface area contributed by atoms with E-state index in [1.165, 1.54) is 12.1 Å². The molecule has 0 aliphatic heterocycles. The molecule has 1 unspecified atom stereocenters. The van der Waals surface area contributed by atoms with E-state index in [4.69, 9.17) is 14.9 Å². The molecule has 3 N–H and O–H groups in total. The Kier molecular flexibility index (Phi) is 5.36. The Bertz CT molecular complexity index is 1170. The molecule has 8 heteroatoms. The van der Waals surface area contributed by atoms with E-state index in [-0.39, 0.29) is 10.8 Å². The standard InChI is InChI=1S/C21H26N2O5S/c1-12(2)19(20(24)28-21(3,4)5)23-29(25,26)14-7-8-15-16-10-13(22)6-9-17(16)27-18(15)11-14/h6-12,19,23H,22H2,1-5H3. The predicted octanol–water partition coefficient (Wildman–Crippen LogP) is 3.81. The Balaban J connectivity index is 1.96. The Morgan fingerprint density at radius 3 is 2.38 bits per heavy atom. The summed E-state index contributed by atoms with van der Waals surface area (Å²) < 4.78 is 39.5. The van der Waals surface area contributed by atoms with Crippen LogP contribution in [0.15, 0.2) is 45.7 Å². The number of carbonyl (C=O) groups is 1. The molecule has 0 aliphatic carbocycles. The molecule has 1 aromatic heterocycles. The minimum atomic E-state index is -3.98. The third-order valence-electron chi connectivity index (χ3n) is 4.39. The van der Waals surface area contributed by atoms with Crippen molar-refractivity contribution in [3.8, 4) is 0 Å². The van der Waals surface area contributed by atoms with Crippen molar-refractivity contribution in [3.63, 3.8) is 0 Å². The van der Waals surface area contributed by atoms with Gasteiger partial charge in [0, 0.05) is 22.5 Å². The molecule has 156 valence electrons. The van der Waals surface area contributed by atoms with Crippen molar-refractivity contribution in [1.29, 1.82) is 0 Å². The highest BCUT2D eigenvalue weighted by atomic mass is 32.2. The summed E-state index contributed by atoms with van der Waals surface area (Å²) in [5.74, 6) is -0.908. The third-order valence-corrected chi connectivity index (χ3v) is 5.83. The van der Waals surface area contributed by atoms with E-state index in [1.54, 1.807) is 58.9 Å². The zero-order chi connectivity index (χ0) is 21.6. The quantitative estimate of drug-likeness (QED) is 0.481. The van der Waals surface area contributed by atoms with Gasteiger partial charge in [0.1, 0.15) is 22.8 Å².